The highest BCUT2D eigenvalue weighted by Gasteiger charge is 2.21. The first-order valence-electron chi connectivity index (χ1n) is 9.41. The van der Waals surface area contributed by atoms with Gasteiger partial charge in [0.25, 0.3) is 5.91 Å². The number of hydrogen-bond donors (Lipinski definition) is 3. The van der Waals surface area contributed by atoms with Crippen molar-refractivity contribution in [3.05, 3.63) is 56.9 Å². The Morgan fingerprint density at radius 1 is 1.17 bits per heavy atom. The number of nitrogens with one attached hydrogen (secondary N) is 1. The number of fused-ring (bicyclic) bond motifs is 1. The predicted molar refractivity (Wildman–Crippen MR) is 113 cm³/mol. The topological polar surface area (TPSA) is 117 Å². The molecule has 4 rings (SSSR count). The number of aromatic carboxylic acids is 1. The second kappa shape index (κ2) is 7.75. The summed E-state index contributed by atoms with van der Waals surface area (Å²) in [6, 6.07) is 8.96. The van der Waals surface area contributed by atoms with Crippen LogP contribution in [0.4, 0.5) is 0 Å². The van der Waals surface area contributed by atoms with Crippen LogP contribution < -0.4 is 5.43 Å². The number of carboxylic acid groups (broad SMARTS) is 1. The van der Waals surface area contributed by atoms with Gasteiger partial charge in [-0.2, -0.15) is 10.2 Å². The number of carbonyl (C=O) groups excluding carboxylic acids is 1. The van der Waals surface area contributed by atoms with Gasteiger partial charge < -0.3 is 10.2 Å². The molecule has 0 bridgehead atoms. The van der Waals surface area contributed by atoms with Crippen LogP contribution in [-0.2, 0) is 19.9 Å². The van der Waals surface area contributed by atoms with Crippen LogP contribution in [0.2, 0.25) is 0 Å². The molecule has 0 aliphatic heterocycles. The molecule has 0 saturated heterocycles. The number of nitrogens with zero attached hydrogens (tertiary/aromatic N) is 3. The molecule has 1 amide bonds. The normalized spacial score (nSPS) is 13.3. The summed E-state index contributed by atoms with van der Waals surface area (Å²) in [6.45, 7) is 1.63. The largest absolute Gasteiger partial charge is 0.504 e. The van der Waals surface area contributed by atoms with E-state index in [2.05, 4.69) is 27.8 Å². The van der Waals surface area contributed by atoms with Crippen molar-refractivity contribution in [3.8, 4) is 17.0 Å². The molecule has 30 heavy (non-hydrogen) atoms. The zero-order valence-electron chi connectivity index (χ0n) is 16.5. The molecule has 3 N–H and O–H groups in total. The fourth-order valence-corrected chi connectivity index (χ4v) is 4.35. The standard InChI is InChI=1S/C21H20N4O4S/c1-11(22-23-20(27)15-8-9-16(30-15)21(28)29)17-19(26)18(25(2)24-17)14-7-6-12-4-3-5-13(12)10-14/h6-10,26H,3-5H2,1-2H3,(H,23,27)(H,28,29)/b22-11+. The van der Waals surface area contributed by atoms with Gasteiger partial charge in [-0.05, 0) is 55.5 Å². The molecule has 2 heterocycles. The number of hydrogen-bond acceptors (Lipinski definition) is 6. The third-order valence-electron chi connectivity index (χ3n) is 5.10. The SMILES string of the molecule is C/C(=N\NC(=O)c1ccc(C(=O)O)s1)c1nn(C)c(-c2ccc3c(c2)CCC3)c1O. The van der Waals surface area contributed by atoms with Gasteiger partial charge in [0.1, 0.15) is 10.6 Å². The highest BCUT2D eigenvalue weighted by atomic mass is 32.1. The van der Waals surface area contributed by atoms with E-state index in [1.807, 2.05) is 6.07 Å². The fourth-order valence-electron chi connectivity index (χ4n) is 3.62. The summed E-state index contributed by atoms with van der Waals surface area (Å²) in [5.74, 6) is -1.62. The smallest absolute Gasteiger partial charge is 0.345 e. The average molecular weight is 424 g/mol. The van der Waals surface area contributed by atoms with E-state index in [-0.39, 0.29) is 21.2 Å². The Balaban J connectivity index is 1.57. The molecule has 9 heteroatoms. The van der Waals surface area contributed by atoms with Gasteiger partial charge in [-0.3, -0.25) is 9.48 Å². The van der Waals surface area contributed by atoms with Crippen LogP contribution in [0.25, 0.3) is 11.3 Å². The number of hydrazone groups is 1. The minimum Gasteiger partial charge on any atom is -0.504 e. The number of benzene rings is 1. The quantitative estimate of drug-likeness (QED) is 0.430. The molecule has 0 saturated carbocycles. The van der Waals surface area contributed by atoms with Gasteiger partial charge in [-0.1, -0.05) is 12.1 Å². The number of aromatic nitrogens is 2. The summed E-state index contributed by atoms with van der Waals surface area (Å²) in [5, 5.41) is 28.2. The first-order valence-corrected chi connectivity index (χ1v) is 10.2. The van der Waals surface area contributed by atoms with E-state index >= 15 is 0 Å². The number of aromatic hydroxyl groups is 1. The Morgan fingerprint density at radius 3 is 2.63 bits per heavy atom. The Hall–Kier alpha value is -3.46. The van der Waals surface area contributed by atoms with E-state index in [4.69, 9.17) is 5.11 Å². The van der Waals surface area contributed by atoms with Crippen molar-refractivity contribution in [2.75, 3.05) is 0 Å². The summed E-state index contributed by atoms with van der Waals surface area (Å²) in [4.78, 5) is 23.5. The average Bonchev–Trinajstić information content (AvgIpc) is 3.44. The van der Waals surface area contributed by atoms with Crippen LogP contribution in [0.5, 0.6) is 5.75 Å². The van der Waals surface area contributed by atoms with E-state index in [0.29, 0.717) is 11.4 Å². The highest BCUT2D eigenvalue weighted by Crippen LogP contribution is 2.35. The van der Waals surface area contributed by atoms with Crippen molar-refractivity contribution < 1.29 is 19.8 Å². The first-order chi connectivity index (χ1) is 14.3. The number of carbonyl (C=O) groups is 2. The van der Waals surface area contributed by atoms with E-state index in [1.165, 1.54) is 23.3 Å². The third kappa shape index (κ3) is 3.59. The van der Waals surface area contributed by atoms with Crippen LogP contribution in [0.15, 0.2) is 35.4 Å². The lowest BCUT2D eigenvalue weighted by Crippen LogP contribution is -2.18. The van der Waals surface area contributed by atoms with E-state index in [9.17, 15) is 14.7 Å². The van der Waals surface area contributed by atoms with Gasteiger partial charge in [0.05, 0.1) is 10.6 Å². The molecule has 0 unspecified atom stereocenters. The second-order valence-electron chi connectivity index (χ2n) is 7.11. The van der Waals surface area contributed by atoms with Crippen LogP contribution in [0.1, 0.15) is 49.5 Å². The van der Waals surface area contributed by atoms with Crippen molar-refractivity contribution in [3.63, 3.8) is 0 Å². The predicted octanol–water partition coefficient (Wildman–Crippen LogP) is 3.20. The summed E-state index contributed by atoms with van der Waals surface area (Å²) in [7, 11) is 1.75. The summed E-state index contributed by atoms with van der Waals surface area (Å²) < 4.78 is 1.60. The maximum atomic E-state index is 12.2. The summed E-state index contributed by atoms with van der Waals surface area (Å²) in [5.41, 5.74) is 7.10. The van der Waals surface area contributed by atoms with E-state index in [1.54, 1.807) is 18.7 Å². The Bertz CT molecular complexity index is 1190. The molecule has 1 aromatic carbocycles. The molecule has 0 spiro atoms. The maximum absolute atomic E-state index is 12.2. The van der Waals surface area contributed by atoms with Gasteiger partial charge >= 0.3 is 5.97 Å². The third-order valence-corrected chi connectivity index (χ3v) is 6.17. The first kappa shape index (κ1) is 19.8. The molecule has 2 aromatic heterocycles. The molecule has 8 nitrogen and oxygen atoms in total. The van der Waals surface area contributed by atoms with Crippen molar-refractivity contribution in [2.45, 2.75) is 26.2 Å². The lowest BCUT2D eigenvalue weighted by molar-refractivity contribution is 0.0702. The summed E-state index contributed by atoms with van der Waals surface area (Å²) in [6.07, 6.45) is 3.26. The van der Waals surface area contributed by atoms with Crippen molar-refractivity contribution in [1.82, 2.24) is 15.2 Å². The molecule has 0 radical (unpaired) electrons. The number of rotatable bonds is 5. The van der Waals surface area contributed by atoms with Crippen molar-refractivity contribution in [1.29, 1.82) is 0 Å². The lowest BCUT2D eigenvalue weighted by atomic mass is 10.0. The minimum absolute atomic E-state index is 0.00441. The van der Waals surface area contributed by atoms with Crippen LogP contribution in [0.3, 0.4) is 0 Å². The number of amides is 1. The van der Waals surface area contributed by atoms with Gasteiger partial charge in [0.15, 0.2) is 11.4 Å². The van der Waals surface area contributed by atoms with Gasteiger partial charge in [0, 0.05) is 12.6 Å². The highest BCUT2D eigenvalue weighted by molar-refractivity contribution is 7.15. The van der Waals surface area contributed by atoms with Crippen LogP contribution >= 0.6 is 11.3 Å². The molecule has 1 aliphatic carbocycles. The molecule has 0 fully saturated rings. The van der Waals surface area contributed by atoms with E-state index < -0.39 is 11.9 Å². The maximum Gasteiger partial charge on any atom is 0.345 e. The van der Waals surface area contributed by atoms with Gasteiger partial charge in [-0.15, -0.1) is 11.3 Å². The van der Waals surface area contributed by atoms with Crippen LogP contribution in [-0.4, -0.2) is 37.6 Å². The number of aryl methyl sites for hydroxylation is 3. The summed E-state index contributed by atoms with van der Waals surface area (Å²) >= 11 is 0.863. The van der Waals surface area contributed by atoms with Gasteiger partial charge in [0.2, 0.25) is 0 Å². The zero-order valence-corrected chi connectivity index (χ0v) is 17.3. The number of carboxylic acids is 1. The van der Waals surface area contributed by atoms with Crippen molar-refractivity contribution >= 4 is 28.9 Å². The molecular weight excluding hydrogens is 404 g/mol. The fraction of sp³-hybridized carbons (Fsp3) is 0.238. The molecule has 154 valence electrons. The second-order valence-corrected chi connectivity index (χ2v) is 8.20. The van der Waals surface area contributed by atoms with Gasteiger partial charge in [-0.25, -0.2) is 10.2 Å². The Kier molecular flexibility index (Phi) is 5.13. The Morgan fingerprint density at radius 2 is 1.90 bits per heavy atom. The van der Waals surface area contributed by atoms with E-state index in [0.717, 1.165) is 36.2 Å². The monoisotopic (exact) mass is 424 g/mol. The van der Waals surface area contributed by atoms with Crippen molar-refractivity contribution in [2.24, 2.45) is 12.1 Å². The molecule has 1 aliphatic rings. The Labute approximate surface area is 176 Å². The van der Waals surface area contributed by atoms with Crippen LogP contribution in [0, 0.1) is 0 Å². The minimum atomic E-state index is -1.09. The lowest BCUT2D eigenvalue weighted by Gasteiger charge is -2.06. The molecule has 0 atom stereocenters. The zero-order chi connectivity index (χ0) is 21.4. The molecular formula is C21H20N4O4S. The number of thiophene rings is 1. The molecule has 3 aromatic rings.